The average molecular weight is 330 g/mol. The molecule has 0 spiro atoms. The highest BCUT2D eigenvalue weighted by molar-refractivity contribution is 5.90. The number of amides is 2. The molecule has 0 fully saturated rings. The molecule has 0 aromatic heterocycles. The second kappa shape index (κ2) is 8.10. The second-order valence-corrected chi connectivity index (χ2v) is 5.33. The Labute approximate surface area is 141 Å². The smallest absolute Gasteiger partial charge is 0.319 e. The first-order valence-corrected chi connectivity index (χ1v) is 7.79. The molecule has 6 heteroatoms. The maximum absolute atomic E-state index is 12.0. The van der Waals surface area contributed by atoms with Crippen LogP contribution >= 0.6 is 0 Å². The molecule has 0 aliphatic carbocycles. The van der Waals surface area contributed by atoms with E-state index in [0.29, 0.717) is 31.0 Å². The van der Waals surface area contributed by atoms with E-state index in [1.165, 1.54) is 12.1 Å². The molecule has 0 aliphatic rings. The van der Waals surface area contributed by atoms with Gasteiger partial charge in [0.2, 0.25) is 0 Å². The Morgan fingerprint density at radius 2 is 1.88 bits per heavy atom. The predicted molar refractivity (Wildman–Crippen MR) is 92.8 cm³/mol. The molecule has 0 atom stereocenters. The van der Waals surface area contributed by atoms with Gasteiger partial charge in [0.25, 0.3) is 0 Å². The largest absolute Gasteiger partial charge is 0.504 e. The molecule has 2 rings (SSSR count). The van der Waals surface area contributed by atoms with Crippen molar-refractivity contribution in [1.82, 2.24) is 5.32 Å². The fraction of sp³-hybridized carbons (Fsp3) is 0.278. The van der Waals surface area contributed by atoms with Crippen LogP contribution in [0.3, 0.4) is 0 Å². The molecule has 2 amide bonds. The molecule has 0 heterocycles. The third-order valence-corrected chi connectivity index (χ3v) is 3.55. The second-order valence-electron chi connectivity index (χ2n) is 5.33. The lowest BCUT2D eigenvalue weighted by atomic mass is 10.0. The summed E-state index contributed by atoms with van der Waals surface area (Å²) in [5, 5.41) is 24.5. The summed E-state index contributed by atoms with van der Waals surface area (Å²) in [4.78, 5) is 12.0. The number of anilines is 1. The van der Waals surface area contributed by atoms with E-state index in [0.717, 1.165) is 11.1 Å². The summed E-state index contributed by atoms with van der Waals surface area (Å²) in [6.45, 7) is 4.64. The number of para-hydroxylation sites is 2. The number of urea groups is 1. The van der Waals surface area contributed by atoms with Gasteiger partial charge in [-0.25, -0.2) is 4.79 Å². The van der Waals surface area contributed by atoms with Gasteiger partial charge >= 0.3 is 6.03 Å². The summed E-state index contributed by atoms with van der Waals surface area (Å²) in [5.74, 6) is 0.314. The van der Waals surface area contributed by atoms with E-state index in [-0.39, 0.29) is 17.5 Å². The summed E-state index contributed by atoms with van der Waals surface area (Å²) in [5.41, 5.74) is 2.32. The SMILES string of the molecule is CCOc1ccccc1NC(=O)NCCc1cc(O)c(O)cc1C. The maximum atomic E-state index is 12.0. The van der Waals surface area contributed by atoms with Crippen LogP contribution in [0.5, 0.6) is 17.2 Å². The van der Waals surface area contributed by atoms with Crippen molar-refractivity contribution in [3.8, 4) is 17.2 Å². The van der Waals surface area contributed by atoms with E-state index < -0.39 is 0 Å². The van der Waals surface area contributed by atoms with E-state index in [1.807, 2.05) is 26.0 Å². The number of carbonyl (C=O) groups is 1. The zero-order valence-electron chi connectivity index (χ0n) is 13.8. The summed E-state index contributed by atoms with van der Waals surface area (Å²) >= 11 is 0. The van der Waals surface area contributed by atoms with E-state index in [1.54, 1.807) is 12.1 Å². The van der Waals surface area contributed by atoms with Crippen LogP contribution in [0.4, 0.5) is 10.5 Å². The number of phenolic OH excluding ortho intramolecular Hbond substituents is 2. The molecule has 0 saturated heterocycles. The summed E-state index contributed by atoms with van der Waals surface area (Å²) < 4.78 is 5.46. The van der Waals surface area contributed by atoms with Gasteiger partial charge in [-0.3, -0.25) is 0 Å². The van der Waals surface area contributed by atoms with E-state index >= 15 is 0 Å². The van der Waals surface area contributed by atoms with Crippen LogP contribution in [0, 0.1) is 6.92 Å². The maximum Gasteiger partial charge on any atom is 0.319 e. The monoisotopic (exact) mass is 330 g/mol. The lowest BCUT2D eigenvalue weighted by Gasteiger charge is -2.12. The van der Waals surface area contributed by atoms with Crippen LogP contribution in [0.15, 0.2) is 36.4 Å². The highest BCUT2D eigenvalue weighted by atomic mass is 16.5. The average Bonchev–Trinajstić information content (AvgIpc) is 2.54. The number of aryl methyl sites for hydroxylation is 1. The fourth-order valence-corrected chi connectivity index (χ4v) is 2.32. The minimum atomic E-state index is -0.331. The first-order valence-electron chi connectivity index (χ1n) is 7.79. The van der Waals surface area contributed by atoms with E-state index in [2.05, 4.69) is 10.6 Å². The molecule has 4 N–H and O–H groups in total. The quantitative estimate of drug-likeness (QED) is 0.612. The molecular weight excluding hydrogens is 308 g/mol. The Balaban J connectivity index is 1.89. The Kier molecular flexibility index (Phi) is 5.89. The molecule has 0 aliphatic heterocycles. The number of hydrogen-bond acceptors (Lipinski definition) is 4. The normalized spacial score (nSPS) is 10.2. The highest BCUT2D eigenvalue weighted by Crippen LogP contribution is 2.28. The van der Waals surface area contributed by atoms with Gasteiger partial charge in [-0.2, -0.15) is 0 Å². The van der Waals surface area contributed by atoms with E-state index in [9.17, 15) is 15.0 Å². The molecule has 0 saturated carbocycles. The van der Waals surface area contributed by atoms with Crippen molar-refractivity contribution in [2.75, 3.05) is 18.5 Å². The number of carbonyl (C=O) groups excluding carboxylic acids is 1. The van der Waals surface area contributed by atoms with Gasteiger partial charge in [0.05, 0.1) is 12.3 Å². The van der Waals surface area contributed by atoms with Gasteiger partial charge in [-0.05, 0) is 55.7 Å². The van der Waals surface area contributed by atoms with Gasteiger partial charge in [0.15, 0.2) is 11.5 Å². The number of phenols is 2. The molecule has 24 heavy (non-hydrogen) atoms. The molecule has 0 radical (unpaired) electrons. The van der Waals surface area contributed by atoms with Crippen molar-refractivity contribution in [1.29, 1.82) is 0 Å². The molecule has 0 unspecified atom stereocenters. The first kappa shape index (κ1) is 17.5. The topological polar surface area (TPSA) is 90.8 Å². The predicted octanol–water partition coefficient (Wildman–Crippen LogP) is 3.17. The number of hydrogen-bond donors (Lipinski definition) is 4. The molecule has 2 aromatic rings. The number of rotatable bonds is 6. The molecule has 2 aromatic carbocycles. The Morgan fingerprint density at radius 3 is 2.62 bits per heavy atom. The van der Waals surface area contributed by atoms with Gasteiger partial charge < -0.3 is 25.6 Å². The van der Waals surface area contributed by atoms with Crippen LogP contribution in [0.2, 0.25) is 0 Å². The summed E-state index contributed by atoms with van der Waals surface area (Å²) in [6, 6.07) is 9.91. The summed E-state index contributed by atoms with van der Waals surface area (Å²) in [6.07, 6.45) is 0.542. The lowest BCUT2D eigenvalue weighted by molar-refractivity contribution is 0.252. The molecular formula is C18H22N2O4. The molecule has 128 valence electrons. The Hall–Kier alpha value is -2.89. The Bertz CT molecular complexity index is 716. The van der Waals surface area contributed by atoms with E-state index in [4.69, 9.17) is 4.74 Å². The van der Waals surface area contributed by atoms with Crippen molar-refractivity contribution in [3.63, 3.8) is 0 Å². The zero-order chi connectivity index (χ0) is 17.5. The number of aromatic hydroxyl groups is 2. The third-order valence-electron chi connectivity index (χ3n) is 3.55. The van der Waals surface area contributed by atoms with Gasteiger partial charge in [0, 0.05) is 6.54 Å². The van der Waals surface area contributed by atoms with Crippen molar-refractivity contribution in [2.45, 2.75) is 20.3 Å². The Morgan fingerprint density at radius 1 is 1.17 bits per heavy atom. The standard InChI is InChI=1S/C18H22N2O4/c1-3-24-17-7-5-4-6-14(17)20-18(23)19-9-8-13-11-16(22)15(21)10-12(13)2/h4-7,10-11,21-22H,3,8-9H2,1-2H3,(H2,19,20,23). The highest BCUT2D eigenvalue weighted by Gasteiger charge is 2.08. The van der Waals surface area contributed by atoms with Crippen molar-refractivity contribution >= 4 is 11.7 Å². The molecule has 0 bridgehead atoms. The van der Waals surface area contributed by atoms with Crippen LogP contribution in [0.25, 0.3) is 0 Å². The van der Waals surface area contributed by atoms with Crippen LogP contribution in [-0.2, 0) is 6.42 Å². The minimum Gasteiger partial charge on any atom is -0.504 e. The van der Waals surface area contributed by atoms with Crippen LogP contribution in [-0.4, -0.2) is 29.4 Å². The minimum absolute atomic E-state index is 0.144. The van der Waals surface area contributed by atoms with Gasteiger partial charge in [0.1, 0.15) is 5.75 Å². The number of ether oxygens (including phenoxy) is 1. The number of benzene rings is 2. The fourth-order valence-electron chi connectivity index (χ4n) is 2.32. The van der Waals surface area contributed by atoms with Crippen molar-refractivity contribution < 1.29 is 19.7 Å². The van der Waals surface area contributed by atoms with Gasteiger partial charge in [-0.1, -0.05) is 12.1 Å². The zero-order valence-corrected chi connectivity index (χ0v) is 13.8. The lowest BCUT2D eigenvalue weighted by Crippen LogP contribution is -2.30. The van der Waals surface area contributed by atoms with Crippen LogP contribution in [0.1, 0.15) is 18.1 Å². The van der Waals surface area contributed by atoms with Crippen LogP contribution < -0.4 is 15.4 Å². The summed E-state index contributed by atoms with van der Waals surface area (Å²) in [7, 11) is 0. The third kappa shape index (κ3) is 4.55. The number of nitrogens with one attached hydrogen (secondary N) is 2. The van der Waals surface area contributed by atoms with Crippen molar-refractivity contribution in [2.24, 2.45) is 0 Å². The molecule has 6 nitrogen and oxygen atoms in total. The van der Waals surface area contributed by atoms with Gasteiger partial charge in [-0.15, -0.1) is 0 Å². The first-order chi connectivity index (χ1) is 11.5. The van der Waals surface area contributed by atoms with Crippen molar-refractivity contribution in [3.05, 3.63) is 47.5 Å².